The number of rotatable bonds is 6. The monoisotopic (exact) mass is 399 g/mol. The first-order valence-electron chi connectivity index (χ1n) is 8.18. The number of sulfonamides is 1. The third-order valence-electron chi connectivity index (χ3n) is 3.60. The van der Waals surface area contributed by atoms with Crippen LogP contribution in [-0.4, -0.2) is 21.6 Å². The molecule has 0 spiro atoms. The van der Waals surface area contributed by atoms with Crippen LogP contribution in [0.4, 0.5) is 4.79 Å². The number of benzene rings is 3. The van der Waals surface area contributed by atoms with Crippen molar-refractivity contribution in [3.63, 3.8) is 0 Å². The van der Waals surface area contributed by atoms with Crippen LogP contribution in [0, 0.1) is 0 Å². The third kappa shape index (κ3) is 5.01. The van der Waals surface area contributed by atoms with Gasteiger partial charge in [0.15, 0.2) is 0 Å². The second kappa shape index (κ2) is 8.45. The fourth-order valence-electron chi connectivity index (χ4n) is 2.25. The van der Waals surface area contributed by atoms with Crippen molar-refractivity contribution in [2.45, 2.75) is 4.90 Å². The van der Waals surface area contributed by atoms with Gasteiger partial charge in [-0.1, -0.05) is 18.2 Å². The van der Waals surface area contributed by atoms with E-state index in [4.69, 9.17) is 14.2 Å². The van der Waals surface area contributed by atoms with Crippen molar-refractivity contribution in [2.75, 3.05) is 7.11 Å². The average Bonchev–Trinajstić information content (AvgIpc) is 2.70. The molecule has 0 bridgehead atoms. The molecule has 3 aromatic rings. The molecule has 0 unspecified atom stereocenters. The first-order valence-corrected chi connectivity index (χ1v) is 9.66. The zero-order valence-electron chi connectivity index (χ0n) is 14.9. The summed E-state index contributed by atoms with van der Waals surface area (Å²) >= 11 is 0. The summed E-state index contributed by atoms with van der Waals surface area (Å²) in [7, 11) is -2.59. The molecule has 144 valence electrons. The van der Waals surface area contributed by atoms with Gasteiger partial charge in [0.25, 0.3) is 10.0 Å². The van der Waals surface area contributed by atoms with Gasteiger partial charge in [-0.3, -0.25) is 0 Å². The van der Waals surface area contributed by atoms with Gasteiger partial charge < -0.3 is 14.2 Å². The van der Waals surface area contributed by atoms with Crippen molar-refractivity contribution in [1.29, 1.82) is 0 Å². The van der Waals surface area contributed by atoms with Gasteiger partial charge in [0, 0.05) is 0 Å². The Morgan fingerprint density at radius 3 is 1.89 bits per heavy atom. The largest absolute Gasteiger partial charge is 0.497 e. The molecule has 0 aliphatic heterocycles. The lowest BCUT2D eigenvalue weighted by molar-refractivity contribution is 0.206. The van der Waals surface area contributed by atoms with Crippen molar-refractivity contribution in [3.05, 3.63) is 78.9 Å². The number of hydrogen-bond donors (Lipinski definition) is 1. The second-order valence-electron chi connectivity index (χ2n) is 5.56. The molecule has 3 aromatic carbocycles. The molecule has 0 aromatic heterocycles. The fraction of sp³-hybridized carbons (Fsp3) is 0.0500. The minimum atomic E-state index is -4.06. The van der Waals surface area contributed by atoms with Crippen LogP contribution in [0.15, 0.2) is 83.8 Å². The molecule has 0 fully saturated rings. The van der Waals surface area contributed by atoms with Crippen LogP contribution in [0.3, 0.4) is 0 Å². The number of methoxy groups -OCH3 is 1. The van der Waals surface area contributed by atoms with Crippen molar-refractivity contribution in [2.24, 2.45) is 0 Å². The lowest BCUT2D eigenvalue weighted by Gasteiger charge is -2.09. The SMILES string of the molecule is COc1ccc(S(=O)(=O)NC(=O)Oc2ccc(Oc3ccccc3)cc2)cc1. The summed E-state index contributed by atoms with van der Waals surface area (Å²) in [6.07, 6.45) is -1.12. The smallest absolute Gasteiger partial charge is 0.426 e. The molecular formula is C20H17NO6S. The Morgan fingerprint density at radius 2 is 1.29 bits per heavy atom. The number of hydrogen-bond acceptors (Lipinski definition) is 6. The standard InChI is InChI=1S/C20H17NO6S/c1-25-15-11-13-19(14-12-15)28(23,24)21-20(22)27-18-9-7-17(8-10-18)26-16-5-3-2-4-6-16/h2-14H,1H3,(H,21,22). The predicted molar refractivity (Wildman–Crippen MR) is 102 cm³/mol. The maximum atomic E-state index is 12.2. The van der Waals surface area contributed by atoms with Gasteiger partial charge in [0.2, 0.25) is 0 Å². The van der Waals surface area contributed by atoms with Crippen LogP contribution in [0.5, 0.6) is 23.0 Å². The van der Waals surface area contributed by atoms with Gasteiger partial charge >= 0.3 is 6.09 Å². The molecular weight excluding hydrogens is 382 g/mol. The number of amides is 1. The van der Waals surface area contributed by atoms with Gasteiger partial charge in [-0.15, -0.1) is 0 Å². The summed E-state index contributed by atoms with van der Waals surface area (Å²) in [4.78, 5) is 11.8. The average molecular weight is 399 g/mol. The summed E-state index contributed by atoms with van der Waals surface area (Å²) in [5.74, 6) is 1.88. The molecule has 3 rings (SSSR count). The highest BCUT2D eigenvalue weighted by Gasteiger charge is 2.19. The molecule has 0 heterocycles. The van der Waals surface area contributed by atoms with Crippen molar-refractivity contribution in [3.8, 4) is 23.0 Å². The first kappa shape index (κ1) is 19.2. The third-order valence-corrected chi connectivity index (χ3v) is 4.93. The van der Waals surface area contributed by atoms with Crippen LogP contribution < -0.4 is 18.9 Å². The highest BCUT2D eigenvalue weighted by Crippen LogP contribution is 2.23. The first-order chi connectivity index (χ1) is 13.5. The maximum Gasteiger partial charge on any atom is 0.426 e. The molecule has 0 aliphatic rings. The fourth-order valence-corrected chi connectivity index (χ4v) is 3.13. The van der Waals surface area contributed by atoms with E-state index in [0.717, 1.165) is 0 Å². The van der Waals surface area contributed by atoms with E-state index >= 15 is 0 Å². The summed E-state index contributed by atoms with van der Waals surface area (Å²) in [6, 6.07) is 21.0. The van der Waals surface area contributed by atoms with Gasteiger partial charge in [-0.2, -0.15) is 0 Å². The highest BCUT2D eigenvalue weighted by atomic mass is 32.2. The Morgan fingerprint density at radius 1 is 0.750 bits per heavy atom. The Hall–Kier alpha value is -3.52. The molecule has 28 heavy (non-hydrogen) atoms. The van der Waals surface area contributed by atoms with Crippen LogP contribution in [0.2, 0.25) is 0 Å². The number of carbonyl (C=O) groups is 1. The van der Waals surface area contributed by atoms with Crippen LogP contribution >= 0.6 is 0 Å². The zero-order valence-corrected chi connectivity index (χ0v) is 15.7. The molecule has 0 aliphatic carbocycles. The van der Waals surface area contributed by atoms with Crippen molar-refractivity contribution < 1.29 is 27.4 Å². The van der Waals surface area contributed by atoms with E-state index < -0.39 is 16.1 Å². The van der Waals surface area contributed by atoms with Gasteiger partial charge in [-0.25, -0.2) is 17.9 Å². The summed E-state index contributed by atoms with van der Waals surface area (Å²) in [5, 5.41) is 0. The molecule has 8 heteroatoms. The topological polar surface area (TPSA) is 90.9 Å². The minimum Gasteiger partial charge on any atom is -0.497 e. The second-order valence-corrected chi connectivity index (χ2v) is 7.24. The van der Waals surface area contributed by atoms with Crippen molar-refractivity contribution >= 4 is 16.1 Å². The molecule has 0 saturated carbocycles. The van der Waals surface area contributed by atoms with Gasteiger partial charge in [0.05, 0.1) is 12.0 Å². The van der Waals surface area contributed by atoms with Crippen LogP contribution in [-0.2, 0) is 10.0 Å². The summed E-state index contributed by atoms with van der Waals surface area (Å²) in [6.45, 7) is 0. The summed E-state index contributed by atoms with van der Waals surface area (Å²) in [5.41, 5.74) is 0. The number of carbonyl (C=O) groups excluding carboxylic acids is 1. The van der Waals surface area contributed by atoms with E-state index in [1.165, 1.54) is 43.5 Å². The minimum absolute atomic E-state index is 0.0862. The molecule has 7 nitrogen and oxygen atoms in total. The number of ether oxygens (including phenoxy) is 3. The zero-order chi connectivity index (χ0) is 20.0. The van der Waals surface area contributed by atoms with E-state index in [1.807, 2.05) is 35.1 Å². The normalized spacial score (nSPS) is 10.8. The molecule has 1 N–H and O–H groups in total. The van der Waals surface area contributed by atoms with E-state index in [2.05, 4.69) is 0 Å². The quantitative estimate of drug-likeness (QED) is 0.675. The Balaban J connectivity index is 1.60. The highest BCUT2D eigenvalue weighted by molar-refractivity contribution is 7.90. The Labute approximate surface area is 162 Å². The lowest BCUT2D eigenvalue weighted by atomic mass is 10.3. The molecule has 1 amide bonds. The van der Waals surface area contributed by atoms with Crippen LogP contribution in [0.1, 0.15) is 0 Å². The van der Waals surface area contributed by atoms with E-state index in [9.17, 15) is 13.2 Å². The van der Waals surface area contributed by atoms with Gasteiger partial charge in [-0.05, 0) is 60.7 Å². The van der Waals surface area contributed by atoms with Crippen LogP contribution in [0.25, 0.3) is 0 Å². The van der Waals surface area contributed by atoms with E-state index in [1.54, 1.807) is 12.1 Å². The Bertz CT molecular complexity index is 1030. The Kier molecular flexibility index (Phi) is 5.81. The lowest BCUT2D eigenvalue weighted by Crippen LogP contribution is -2.33. The van der Waals surface area contributed by atoms with E-state index in [0.29, 0.717) is 17.2 Å². The molecule has 0 saturated heterocycles. The number of nitrogens with one attached hydrogen (secondary N) is 1. The predicted octanol–water partition coefficient (Wildman–Crippen LogP) is 3.96. The van der Waals surface area contributed by atoms with Crippen molar-refractivity contribution in [1.82, 2.24) is 4.72 Å². The molecule has 0 radical (unpaired) electrons. The number of para-hydroxylation sites is 1. The van der Waals surface area contributed by atoms with E-state index in [-0.39, 0.29) is 10.6 Å². The summed E-state index contributed by atoms with van der Waals surface area (Å²) < 4.78 is 41.9. The maximum absolute atomic E-state index is 12.2. The molecule has 0 atom stereocenters. The van der Waals surface area contributed by atoms with Gasteiger partial charge in [0.1, 0.15) is 23.0 Å².